The molecular weight excluding hydrogens is 134 g/mol. The first-order valence-electron chi connectivity index (χ1n) is 4.97. The highest BCUT2D eigenvalue weighted by atomic mass is 14.9. The van der Waals surface area contributed by atoms with Gasteiger partial charge in [-0.2, -0.15) is 0 Å². The zero-order valence-corrected chi connectivity index (χ0v) is 8.06. The van der Waals surface area contributed by atoms with Crippen molar-refractivity contribution < 1.29 is 0 Å². The summed E-state index contributed by atoms with van der Waals surface area (Å²) < 4.78 is 0. The summed E-state index contributed by atoms with van der Waals surface area (Å²) in [5.74, 6) is 1.72. The summed E-state index contributed by atoms with van der Waals surface area (Å²) in [5, 5.41) is 3.57. The second-order valence-electron chi connectivity index (χ2n) is 4.05. The average Bonchev–Trinajstić information content (AvgIpc) is 2.81. The molecule has 1 nitrogen and oxygen atoms in total. The summed E-state index contributed by atoms with van der Waals surface area (Å²) in [6.07, 6.45) is 4.13. The smallest absolute Gasteiger partial charge is 0.00683 e. The molecule has 0 amide bonds. The fraction of sp³-hybridized carbons (Fsp3) is 1.00. The monoisotopic (exact) mass is 155 g/mol. The van der Waals surface area contributed by atoms with Crippen molar-refractivity contribution in [2.45, 2.75) is 46.1 Å². The van der Waals surface area contributed by atoms with Crippen LogP contribution in [0, 0.1) is 11.8 Å². The van der Waals surface area contributed by atoms with Gasteiger partial charge >= 0.3 is 0 Å². The highest BCUT2D eigenvalue weighted by molar-refractivity contribution is 4.81. The summed E-state index contributed by atoms with van der Waals surface area (Å²) in [6.45, 7) is 8.20. The Kier molecular flexibility index (Phi) is 3.38. The molecule has 1 aliphatic carbocycles. The first kappa shape index (κ1) is 9.05. The van der Waals surface area contributed by atoms with Crippen LogP contribution in [-0.2, 0) is 0 Å². The molecule has 1 saturated carbocycles. The largest absolute Gasteiger partial charge is 0.314 e. The number of rotatable bonds is 5. The van der Waals surface area contributed by atoms with Gasteiger partial charge in [-0.15, -0.1) is 0 Å². The Hall–Kier alpha value is -0.0400. The molecule has 1 aliphatic rings. The Morgan fingerprint density at radius 3 is 2.36 bits per heavy atom. The lowest BCUT2D eigenvalue weighted by molar-refractivity contribution is 0.357. The molecule has 11 heavy (non-hydrogen) atoms. The van der Waals surface area contributed by atoms with E-state index in [0.29, 0.717) is 0 Å². The fourth-order valence-electron chi connectivity index (χ4n) is 1.24. The number of hydrogen-bond donors (Lipinski definition) is 1. The van der Waals surface area contributed by atoms with Crippen molar-refractivity contribution in [3.8, 4) is 0 Å². The van der Waals surface area contributed by atoms with E-state index in [4.69, 9.17) is 0 Å². The van der Waals surface area contributed by atoms with Crippen molar-refractivity contribution in [3.63, 3.8) is 0 Å². The average molecular weight is 155 g/mol. The lowest BCUT2D eigenvalue weighted by atomic mass is 9.94. The molecule has 0 bridgehead atoms. The zero-order chi connectivity index (χ0) is 8.27. The maximum atomic E-state index is 3.57. The van der Waals surface area contributed by atoms with Gasteiger partial charge in [0.25, 0.3) is 0 Å². The second kappa shape index (κ2) is 4.10. The summed E-state index contributed by atoms with van der Waals surface area (Å²) in [7, 11) is 0. The van der Waals surface area contributed by atoms with E-state index in [9.17, 15) is 0 Å². The van der Waals surface area contributed by atoms with Gasteiger partial charge in [0.15, 0.2) is 0 Å². The van der Waals surface area contributed by atoms with Crippen LogP contribution < -0.4 is 5.32 Å². The third kappa shape index (κ3) is 3.24. The second-order valence-corrected chi connectivity index (χ2v) is 4.05. The van der Waals surface area contributed by atoms with Crippen molar-refractivity contribution in [3.05, 3.63) is 0 Å². The lowest BCUT2D eigenvalue weighted by Crippen LogP contribution is -2.26. The zero-order valence-electron chi connectivity index (χ0n) is 8.06. The molecule has 0 aromatic carbocycles. The van der Waals surface area contributed by atoms with E-state index in [1.165, 1.54) is 25.8 Å². The molecule has 0 aliphatic heterocycles. The predicted octanol–water partition coefficient (Wildman–Crippen LogP) is 2.42. The van der Waals surface area contributed by atoms with E-state index >= 15 is 0 Å². The summed E-state index contributed by atoms with van der Waals surface area (Å²) in [4.78, 5) is 0. The van der Waals surface area contributed by atoms with E-state index < -0.39 is 0 Å². The van der Waals surface area contributed by atoms with E-state index in [2.05, 4.69) is 26.1 Å². The lowest BCUT2D eigenvalue weighted by Gasteiger charge is -2.18. The van der Waals surface area contributed by atoms with Crippen LogP contribution in [-0.4, -0.2) is 12.6 Å². The van der Waals surface area contributed by atoms with Crippen molar-refractivity contribution in [1.29, 1.82) is 0 Å². The standard InChI is InChI=1S/C10H21N/c1-4-8(2)9(3)7-11-10-5-6-10/h8-11H,4-7H2,1-3H3. The summed E-state index contributed by atoms with van der Waals surface area (Å²) >= 11 is 0. The molecule has 0 aromatic rings. The first-order valence-corrected chi connectivity index (χ1v) is 4.97. The van der Waals surface area contributed by atoms with Gasteiger partial charge in [-0.05, 0) is 31.2 Å². The van der Waals surface area contributed by atoms with Crippen LogP contribution >= 0.6 is 0 Å². The van der Waals surface area contributed by atoms with Crippen LogP contribution in [0.1, 0.15) is 40.0 Å². The molecule has 0 aromatic heterocycles. The minimum Gasteiger partial charge on any atom is -0.314 e. The first-order chi connectivity index (χ1) is 5.24. The Bertz CT molecular complexity index is 107. The van der Waals surface area contributed by atoms with Gasteiger partial charge in [-0.3, -0.25) is 0 Å². The molecule has 1 N–H and O–H groups in total. The van der Waals surface area contributed by atoms with Crippen molar-refractivity contribution >= 4 is 0 Å². The molecule has 66 valence electrons. The molecule has 1 heteroatoms. The van der Waals surface area contributed by atoms with Gasteiger partial charge in [0, 0.05) is 6.04 Å². The molecule has 0 saturated heterocycles. The Labute approximate surface area is 70.6 Å². The quantitative estimate of drug-likeness (QED) is 0.643. The van der Waals surface area contributed by atoms with E-state index in [-0.39, 0.29) is 0 Å². The van der Waals surface area contributed by atoms with Crippen molar-refractivity contribution in [1.82, 2.24) is 5.32 Å². The van der Waals surface area contributed by atoms with Gasteiger partial charge in [-0.1, -0.05) is 27.2 Å². The van der Waals surface area contributed by atoms with E-state index in [0.717, 1.165) is 17.9 Å². The number of nitrogens with one attached hydrogen (secondary N) is 1. The van der Waals surface area contributed by atoms with Gasteiger partial charge in [0.05, 0.1) is 0 Å². The third-order valence-corrected chi connectivity index (χ3v) is 2.92. The van der Waals surface area contributed by atoms with Crippen LogP contribution in [0.25, 0.3) is 0 Å². The van der Waals surface area contributed by atoms with Gasteiger partial charge in [0.1, 0.15) is 0 Å². The van der Waals surface area contributed by atoms with Gasteiger partial charge < -0.3 is 5.32 Å². The molecule has 0 radical (unpaired) electrons. The maximum absolute atomic E-state index is 3.57. The molecule has 0 spiro atoms. The third-order valence-electron chi connectivity index (χ3n) is 2.92. The molecule has 1 rings (SSSR count). The fourth-order valence-corrected chi connectivity index (χ4v) is 1.24. The van der Waals surface area contributed by atoms with E-state index in [1.54, 1.807) is 0 Å². The van der Waals surface area contributed by atoms with Crippen LogP contribution in [0.3, 0.4) is 0 Å². The highest BCUT2D eigenvalue weighted by Gasteiger charge is 2.21. The molecule has 1 fully saturated rings. The molecule has 0 heterocycles. The number of hydrogen-bond acceptors (Lipinski definition) is 1. The van der Waals surface area contributed by atoms with Crippen LogP contribution in [0.5, 0.6) is 0 Å². The van der Waals surface area contributed by atoms with E-state index in [1.807, 2.05) is 0 Å². The normalized spacial score (nSPS) is 23.2. The van der Waals surface area contributed by atoms with Crippen LogP contribution in [0.2, 0.25) is 0 Å². The summed E-state index contributed by atoms with van der Waals surface area (Å²) in [6, 6.07) is 0.876. The van der Waals surface area contributed by atoms with Gasteiger partial charge in [-0.25, -0.2) is 0 Å². The topological polar surface area (TPSA) is 12.0 Å². The maximum Gasteiger partial charge on any atom is 0.00683 e. The van der Waals surface area contributed by atoms with Crippen LogP contribution in [0.15, 0.2) is 0 Å². The Morgan fingerprint density at radius 1 is 1.27 bits per heavy atom. The van der Waals surface area contributed by atoms with Crippen molar-refractivity contribution in [2.24, 2.45) is 11.8 Å². The minimum absolute atomic E-state index is 0.848. The summed E-state index contributed by atoms with van der Waals surface area (Å²) in [5.41, 5.74) is 0. The predicted molar refractivity (Wildman–Crippen MR) is 49.6 cm³/mol. The van der Waals surface area contributed by atoms with Crippen molar-refractivity contribution in [2.75, 3.05) is 6.54 Å². The molecule has 2 atom stereocenters. The highest BCUT2D eigenvalue weighted by Crippen LogP contribution is 2.20. The molecular formula is C10H21N. The minimum atomic E-state index is 0.848. The molecule has 2 unspecified atom stereocenters. The Morgan fingerprint density at radius 2 is 1.91 bits per heavy atom. The Balaban J connectivity index is 2.03. The SMILES string of the molecule is CCC(C)C(C)CNC1CC1. The van der Waals surface area contributed by atoms with Gasteiger partial charge in [0.2, 0.25) is 0 Å². The van der Waals surface area contributed by atoms with Crippen LogP contribution in [0.4, 0.5) is 0 Å².